The summed E-state index contributed by atoms with van der Waals surface area (Å²) in [5, 5.41) is 2.46. The predicted molar refractivity (Wildman–Crippen MR) is 241 cm³/mol. The van der Waals surface area contributed by atoms with Crippen LogP contribution in [0.2, 0.25) is 0 Å². The lowest BCUT2D eigenvalue weighted by Gasteiger charge is -2.27. The number of carbonyl (C=O) groups excluding carboxylic acids is 4. The lowest BCUT2D eigenvalue weighted by atomic mass is 10.2. The molecule has 4 aromatic rings. The first kappa shape index (κ1) is 52.3. The second kappa shape index (κ2) is 22.9. The quantitative estimate of drug-likeness (QED) is 0.121. The molecule has 6 atom stereocenters. The zero-order valence-electron chi connectivity index (χ0n) is 40.0. The Morgan fingerprint density at radius 2 is 1.18 bits per heavy atom. The van der Waals surface area contributed by atoms with Crippen LogP contribution in [-0.4, -0.2) is 138 Å². The van der Waals surface area contributed by atoms with E-state index in [0.29, 0.717) is 57.4 Å². The van der Waals surface area contributed by atoms with Gasteiger partial charge in [-0.25, -0.2) is 19.6 Å². The number of aromatic amines is 2. The van der Waals surface area contributed by atoms with Gasteiger partial charge in [-0.3, -0.25) is 43.6 Å². The zero-order valence-corrected chi connectivity index (χ0v) is 40.0. The molecule has 24 heteroatoms. The van der Waals surface area contributed by atoms with Crippen molar-refractivity contribution in [3.8, 4) is 0 Å². The number of rotatable bonds is 17. The molecular formula is C43H64N10O14. The first-order valence-corrected chi connectivity index (χ1v) is 22.4. The van der Waals surface area contributed by atoms with E-state index in [9.17, 15) is 28.8 Å². The third-order valence-electron chi connectivity index (χ3n) is 9.94. The van der Waals surface area contributed by atoms with Crippen LogP contribution in [0, 0.1) is 0 Å². The Balaban J connectivity index is 0.000000256. The maximum Gasteiger partial charge on any atom is 0.427 e. The average Bonchev–Trinajstić information content (AvgIpc) is 4.04. The fourth-order valence-corrected chi connectivity index (χ4v) is 7.06. The molecule has 2 aliphatic heterocycles. The number of H-pyrrole nitrogens is 2. The number of amides is 3. The second-order valence-corrected chi connectivity index (χ2v) is 17.4. The number of imide groups is 1. The van der Waals surface area contributed by atoms with Gasteiger partial charge in [0.15, 0.2) is 22.3 Å². The first-order valence-electron chi connectivity index (χ1n) is 22.4. The van der Waals surface area contributed by atoms with E-state index < -0.39 is 52.9 Å². The van der Waals surface area contributed by atoms with Crippen molar-refractivity contribution in [3.05, 3.63) is 33.4 Å². The molecular weight excluding hydrogens is 881 g/mol. The number of aromatic nitrogens is 8. The van der Waals surface area contributed by atoms with Gasteiger partial charge in [0.2, 0.25) is 17.8 Å². The van der Waals surface area contributed by atoms with Crippen LogP contribution in [0.3, 0.4) is 0 Å². The number of nitrogens with one attached hydrogen (secondary N) is 3. The summed E-state index contributed by atoms with van der Waals surface area (Å²) in [6.45, 7) is 22.1. The van der Waals surface area contributed by atoms with Crippen LogP contribution in [0.4, 0.5) is 21.5 Å². The van der Waals surface area contributed by atoms with Crippen molar-refractivity contribution in [2.75, 3.05) is 49.9 Å². The molecule has 0 radical (unpaired) electrons. The largest absolute Gasteiger partial charge is 0.443 e. The molecule has 6 rings (SSSR count). The number of ketones is 1. The molecule has 0 aromatic carbocycles. The summed E-state index contributed by atoms with van der Waals surface area (Å²) in [7, 11) is 0. The fraction of sp³-hybridized carbons (Fsp3) is 0.674. The highest BCUT2D eigenvalue weighted by Gasteiger charge is 2.40. The molecule has 3 amide bonds. The van der Waals surface area contributed by atoms with Gasteiger partial charge in [-0.2, -0.15) is 9.97 Å². The van der Waals surface area contributed by atoms with Crippen molar-refractivity contribution >= 4 is 58.1 Å². The van der Waals surface area contributed by atoms with Gasteiger partial charge >= 0.3 is 12.2 Å². The SMILES string of the molecule is CCOC[C@H]1O[C@@H](n2cnc3c(=O)[nH]c(N(C(=O)OC(C)(C)C)C(=O)OC(C)(C)C)nc32)C[C@H]1OCC.CCOC[C@H]1O[C@@H](n2cnc3c(=O)[nH]c(NC(=O)CC(=O)CC)nc32)C[C@H]1OCC. The van der Waals surface area contributed by atoms with Crippen molar-refractivity contribution in [1.82, 2.24) is 39.0 Å². The maximum atomic E-state index is 13.0. The van der Waals surface area contributed by atoms with Crippen molar-refractivity contribution in [2.24, 2.45) is 0 Å². The van der Waals surface area contributed by atoms with E-state index in [-0.39, 0.29) is 77.3 Å². The number of Topliss-reactive ketones (excluding diaryl/α,β-unsaturated/α-hetero) is 1. The van der Waals surface area contributed by atoms with Crippen LogP contribution in [-0.2, 0) is 47.5 Å². The van der Waals surface area contributed by atoms with Crippen LogP contribution in [0.1, 0.15) is 114 Å². The van der Waals surface area contributed by atoms with E-state index in [1.54, 1.807) is 57.6 Å². The van der Waals surface area contributed by atoms with E-state index in [1.165, 1.54) is 12.7 Å². The van der Waals surface area contributed by atoms with Gasteiger partial charge < -0.3 is 37.9 Å². The molecule has 6 heterocycles. The van der Waals surface area contributed by atoms with Crippen molar-refractivity contribution in [2.45, 2.75) is 150 Å². The number of nitrogens with zero attached hydrogens (tertiary/aromatic N) is 7. The third kappa shape index (κ3) is 13.7. The monoisotopic (exact) mass is 944 g/mol. The Bertz CT molecular complexity index is 2420. The van der Waals surface area contributed by atoms with Gasteiger partial charge in [-0.1, -0.05) is 6.92 Å². The van der Waals surface area contributed by atoms with E-state index >= 15 is 0 Å². The Labute approximate surface area is 386 Å². The molecule has 24 nitrogen and oxygen atoms in total. The Morgan fingerprint density at radius 3 is 1.61 bits per heavy atom. The molecule has 0 spiro atoms. The van der Waals surface area contributed by atoms with Gasteiger partial charge in [-0.05, 0) is 69.2 Å². The second-order valence-electron chi connectivity index (χ2n) is 17.4. The smallest absolute Gasteiger partial charge is 0.427 e. The van der Waals surface area contributed by atoms with Crippen molar-refractivity contribution in [3.63, 3.8) is 0 Å². The van der Waals surface area contributed by atoms with E-state index in [2.05, 4.69) is 35.2 Å². The number of anilines is 2. The minimum atomic E-state index is -1.05. The van der Waals surface area contributed by atoms with Crippen LogP contribution in [0.5, 0.6) is 0 Å². The summed E-state index contributed by atoms with van der Waals surface area (Å²) in [6.07, 6.45) is -0.216. The third-order valence-corrected chi connectivity index (χ3v) is 9.94. The van der Waals surface area contributed by atoms with Crippen LogP contribution in [0.15, 0.2) is 22.2 Å². The molecule has 3 N–H and O–H groups in total. The fourth-order valence-electron chi connectivity index (χ4n) is 7.06. The summed E-state index contributed by atoms with van der Waals surface area (Å²) in [5.74, 6) is -1.16. The standard InChI is InChI=1S/C24H37N5O8.C19H27N5O6/c1-9-33-12-15-14(34-10-2)11-16(35-15)28-13-25-17-18(28)26-20(27-19(17)30)29(21(31)36-23(3,4)5)22(32)37-24(6,7)8;1-4-11(25)7-14(26)21-19-22-17-16(18(27)23-19)20-10-24(17)15-8-12(29-6-3)13(30-15)9-28-5-2/h13-16H,9-12H2,1-8H3,(H,26,27,30);10,12-13,15H,4-9H2,1-3H3,(H2,21,22,23,26,27)/t14-,15-,16-;12-,13-,15-/m11/s1. The average molecular weight is 945 g/mol. The molecule has 0 bridgehead atoms. The van der Waals surface area contributed by atoms with E-state index in [0.717, 1.165) is 0 Å². The number of carbonyl (C=O) groups is 4. The molecule has 370 valence electrons. The highest BCUT2D eigenvalue weighted by molar-refractivity contribution is 6.08. The number of hydrogen-bond acceptors (Lipinski definition) is 18. The Morgan fingerprint density at radius 1 is 0.716 bits per heavy atom. The van der Waals surface area contributed by atoms with E-state index in [1.807, 2.05) is 27.7 Å². The lowest BCUT2D eigenvalue weighted by molar-refractivity contribution is -0.125. The molecule has 4 aromatic heterocycles. The molecule has 0 unspecified atom stereocenters. The zero-order chi connectivity index (χ0) is 49.2. The molecule has 0 aliphatic carbocycles. The summed E-state index contributed by atoms with van der Waals surface area (Å²) >= 11 is 0. The van der Waals surface area contributed by atoms with Gasteiger partial charge in [0, 0.05) is 45.7 Å². The summed E-state index contributed by atoms with van der Waals surface area (Å²) in [4.78, 5) is 97.4. The number of hydrogen-bond donors (Lipinski definition) is 3. The summed E-state index contributed by atoms with van der Waals surface area (Å²) < 4.78 is 48.9. The van der Waals surface area contributed by atoms with Gasteiger partial charge in [-0.15, -0.1) is 4.90 Å². The minimum absolute atomic E-state index is 0.0156. The van der Waals surface area contributed by atoms with Crippen LogP contribution >= 0.6 is 0 Å². The number of ether oxygens (including phenoxy) is 8. The van der Waals surface area contributed by atoms with Crippen LogP contribution < -0.4 is 21.3 Å². The Kier molecular flexibility index (Phi) is 17.9. The topological polar surface area (TPSA) is 285 Å². The van der Waals surface area contributed by atoms with Crippen molar-refractivity contribution in [1.29, 1.82) is 0 Å². The predicted octanol–water partition coefficient (Wildman–Crippen LogP) is 4.68. The highest BCUT2D eigenvalue weighted by Crippen LogP contribution is 2.34. The summed E-state index contributed by atoms with van der Waals surface area (Å²) in [6, 6.07) is 0. The molecule has 0 saturated carbocycles. The van der Waals surface area contributed by atoms with Gasteiger partial charge in [0.1, 0.15) is 41.6 Å². The number of imidazole rings is 2. The lowest BCUT2D eigenvalue weighted by Crippen LogP contribution is -2.45. The van der Waals surface area contributed by atoms with Gasteiger partial charge in [0.25, 0.3) is 11.1 Å². The maximum absolute atomic E-state index is 13.0. The molecule has 2 aliphatic rings. The van der Waals surface area contributed by atoms with Gasteiger partial charge in [0.05, 0.1) is 44.5 Å². The first-order chi connectivity index (χ1) is 31.7. The van der Waals surface area contributed by atoms with E-state index in [4.69, 9.17) is 37.9 Å². The van der Waals surface area contributed by atoms with Crippen molar-refractivity contribution < 1.29 is 57.1 Å². The normalized spacial score (nSPS) is 20.7. The molecule has 67 heavy (non-hydrogen) atoms. The summed E-state index contributed by atoms with van der Waals surface area (Å²) in [5.41, 5.74) is -2.47. The highest BCUT2D eigenvalue weighted by atomic mass is 16.6. The number of fused-ring (bicyclic) bond motifs is 2. The Hall–Kier alpha value is -5.66. The molecule has 2 fully saturated rings. The molecule has 2 saturated heterocycles. The van der Waals surface area contributed by atoms with Crippen LogP contribution in [0.25, 0.3) is 22.3 Å². The minimum Gasteiger partial charge on any atom is -0.443 e.